The van der Waals surface area contributed by atoms with E-state index in [9.17, 15) is 4.79 Å². The van der Waals surface area contributed by atoms with Gasteiger partial charge in [0.05, 0.1) is 11.4 Å². The number of carbonyl (C=O) groups excluding carboxylic acids is 1. The van der Waals surface area contributed by atoms with Gasteiger partial charge < -0.3 is 15.1 Å². The predicted molar refractivity (Wildman–Crippen MR) is 92.1 cm³/mol. The van der Waals surface area contributed by atoms with Crippen molar-refractivity contribution in [2.75, 3.05) is 31.1 Å². The van der Waals surface area contributed by atoms with Crippen LogP contribution in [0.3, 0.4) is 0 Å². The minimum atomic E-state index is 0.0773. The zero-order chi connectivity index (χ0) is 15.8. The maximum absolute atomic E-state index is 11.9. The van der Waals surface area contributed by atoms with Gasteiger partial charge in [0.25, 0.3) is 0 Å². The molecule has 2 fully saturated rings. The Morgan fingerprint density at radius 2 is 2.30 bits per heavy atom. The van der Waals surface area contributed by atoms with Gasteiger partial charge in [0.15, 0.2) is 0 Å². The number of rotatable bonds is 3. The van der Waals surface area contributed by atoms with Crippen LogP contribution in [0.5, 0.6) is 0 Å². The molecule has 2 aromatic rings. The van der Waals surface area contributed by atoms with Gasteiger partial charge in [0.2, 0.25) is 0 Å². The minimum absolute atomic E-state index is 0.0773. The van der Waals surface area contributed by atoms with Crippen molar-refractivity contribution in [1.82, 2.24) is 20.2 Å². The molecule has 2 aliphatic rings. The highest BCUT2D eigenvalue weighted by Gasteiger charge is 2.32. The van der Waals surface area contributed by atoms with E-state index in [4.69, 9.17) is 0 Å². The van der Waals surface area contributed by atoms with E-state index in [1.807, 2.05) is 4.90 Å². The summed E-state index contributed by atoms with van der Waals surface area (Å²) in [5.74, 6) is 1.02. The van der Waals surface area contributed by atoms with Crippen molar-refractivity contribution in [3.63, 3.8) is 0 Å². The highest BCUT2D eigenvalue weighted by Crippen LogP contribution is 2.32. The van der Waals surface area contributed by atoms with Crippen LogP contribution in [0, 0.1) is 0 Å². The topological polar surface area (TPSA) is 61.4 Å². The van der Waals surface area contributed by atoms with E-state index < -0.39 is 0 Å². The van der Waals surface area contributed by atoms with Crippen LogP contribution >= 0.6 is 11.3 Å². The first kappa shape index (κ1) is 14.7. The Morgan fingerprint density at radius 1 is 1.39 bits per heavy atom. The number of hydrogen-bond acceptors (Lipinski definition) is 5. The zero-order valence-electron chi connectivity index (χ0n) is 13.3. The van der Waals surface area contributed by atoms with E-state index in [0.717, 1.165) is 61.5 Å². The number of urea groups is 1. The second-order valence-corrected chi connectivity index (χ2v) is 7.26. The van der Waals surface area contributed by atoms with Gasteiger partial charge in [-0.05, 0) is 25.3 Å². The molecule has 122 valence electrons. The van der Waals surface area contributed by atoms with Crippen LogP contribution in [0.4, 0.5) is 10.6 Å². The lowest BCUT2D eigenvalue weighted by molar-refractivity contribution is 0.189. The van der Waals surface area contributed by atoms with Crippen molar-refractivity contribution in [1.29, 1.82) is 0 Å². The average molecular weight is 331 g/mol. The summed E-state index contributed by atoms with van der Waals surface area (Å²) in [5.41, 5.74) is 0. The summed E-state index contributed by atoms with van der Waals surface area (Å²) in [7, 11) is 0. The number of nitrogens with zero attached hydrogens (tertiary/aromatic N) is 4. The summed E-state index contributed by atoms with van der Waals surface area (Å²) in [6.45, 7) is 5.60. The Morgan fingerprint density at radius 3 is 3.09 bits per heavy atom. The lowest BCUT2D eigenvalue weighted by atomic mass is 10.0. The number of aryl methyl sites for hydroxylation is 1. The summed E-state index contributed by atoms with van der Waals surface area (Å²) in [4.78, 5) is 27.6. The lowest BCUT2D eigenvalue weighted by Crippen LogP contribution is -2.49. The van der Waals surface area contributed by atoms with Crippen LogP contribution in [-0.4, -0.2) is 53.1 Å². The third-order valence-corrected chi connectivity index (χ3v) is 5.92. The zero-order valence-corrected chi connectivity index (χ0v) is 14.1. The predicted octanol–water partition coefficient (Wildman–Crippen LogP) is 2.25. The summed E-state index contributed by atoms with van der Waals surface area (Å²) < 4.78 is 0. The number of hydrogen-bond donors (Lipinski definition) is 1. The number of amides is 2. The highest BCUT2D eigenvalue weighted by atomic mass is 32.1. The van der Waals surface area contributed by atoms with Crippen molar-refractivity contribution >= 4 is 33.4 Å². The molecule has 0 saturated carbocycles. The molecule has 0 aromatic carbocycles. The van der Waals surface area contributed by atoms with Crippen LogP contribution in [-0.2, 0) is 6.42 Å². The normalized spacial score (nSPS) is 22.0. The van der Waals surface area contributed by atoms with Crippen molar-refractivity contribution in [3.8, 4) is 0 Å². The maximum Gasteiger partial charge on any atom is 0.317 e. The van der Waals surface area contributed by atoms with Gasteiger partial charge in [-0.15, -0.1) is 11.3 Å². The molecule has 4 heterocycles. The first-order valence-corrected chi connectivity index (χ1v) is 9.10. The third-order valence-electron chi connectivity index (χ3n) is 4.73. The SMILES string of the molecule is CCc1cc2c(N3CCCC(N4CCNC4=O)C3)ncnc2s1. The molecule has 2 aliphatic heterocycles. The van der Waals surface area contributed by atoms with Crippen LogP contribution in [0.1, 0.15) is 24.6 Å². The highest BCUT2D eigenvalue weighted by molar-refractivity contribution is 7.18. The van der Waals surface area contributed by atoms with E-state index >= 15 is 0 Å². The number of fused-ring (bicyclic) bond motifs is 1. The van der Waals surface area contributed by atoms with Crippen LogP contribution < -0.4 is 10.2 Å². The molecule has 0 bridgehead atoms. The minimum Gasteiger partial charge on any atom is -0.354 e. The summed E-state index contributed by atoms with van der Waals surface area (Å²) in [6, 6.07) is 2.58. The Labute approximate surface area is 139 Å². The molecule has 1 N–H and O–H groups in total. The molecule has 1 unspecified atom stereocenters. The number of thiophene rings is 1. The molecule has 4 rings (SSSR count). The smallest absolute Gasteiger partial charge is 0.317 e. The monoisotopic (exact) mass is 331 g/mol. The molecule has 7 heteroatoms. The van der Waals surface area contributed by atoms with Crippen molar-refractivity contribution in [3.05, 3.63) is 17.3 Å². The Kier molecular flexibility index (Phi) is 3.80. The molecule has 1 atom stereocenters. The quantitative estimate of drug-likeness (QED) is 0.937. The van der Waals surface area contributed by atoms with Crippen LogP contribution in [0.2, 0.25) is 0 Å². The molecule has 2 saturated heterocycles. The average Bonchev–Trinajstić information content (AvgIpc) is 3.20. The third kappa shape index (κ3) is 2.63. The number of aromatic nitrogens is 2. The van der Waals surface area contributed by atoms with Gasteiger partial charge >= 0.3 is 6.03 Å². The molecule has 0 spiro atoms. The molecule has 23 heavy (non-hydrogen) atoms. The Bertz CT molecular complexity index is 730. The fourth-order valence-electron chi connectivity index (χ4n) is 3.56. The fourth-order valence-corrected chi connectivity index (χ4v) is 4.48. The van der Waals surface area contributed by atoms with Crippen LogP contribution in [0.25, 0.3) is 10.2 Å². The van der Waals surface area contributed by atoms with Gasteiger partial charge in [-0.25, -0.2) is 14.8 Å². The van der Waals surface area contributed by atoms with Crippen LogP contribution in [0.15, 0.2) is 12.4 Å². The van der Waals surface area contributed by atoms with E-state index in [1.165, 1.54) is 4.88 Å². The van der Waals surface area contributed by atoms with Gasteiger partial charge in [-0.3, -0.25) is 0 Å². The molecular formula is C16H21N5OS. The first-order valence-electron chi connectivity index (χ1n) is 8.29. The molecular weight excluding hydrogens is 310 g/mol. The van der Waals surface area contributed by atoms with Gasteiger partial charge in [0, 0.05) is 31.1 Å². The van der Waals surface area contributed by atoms with Crippen molar-refractivity contribution < 1.29 is 4.79 Å². The number of piperidine rings is 1. The molecule has 2 amide bonds. The molecule has 0 radical (unpaired) electrons. The number of anilines is 1. The van der Waals surface area contributed by atoms with Crippen molar-refractivity contribution in [2.45, 2.75) is 32.2 Å². The Balaban J connectivity index is 1.62. The first-order chi connectivity index (χ1) is 11.3. The molecule has 2 aromatic heterocycles. The second-order valence-electron chi connectivity index (χ2n) is 6.15. The Hall–Kier alpha value is -1.89. The van der Waals surface area contributed by atoms with E-state index in [-0.39, 0.29) is 12.1 Å². The lowest BCUT2D eigenvalue weighted by Gasteiger charge is -2.37. The summed E-state index contributed by atoms with van der Waals surface area (Å²) in [6.07, 6.45) is 4.85. The van der Waals surface area contributed by atoms with Gasteiger partial charge in [0.1, 0.15) is 17.0 Å². The van der Waals surface area contributed by atoms with E-state index in [1.54, 1.807) is 17.7 Å². The molecule has 0 aliphatic carbocycles. The van der Waals surface area contributed by atoms with Crippen molar-refractivity contribution in [2.24, 2.45) is 0 Å². The van der Waals surface area contributed by atoms with Gasteiger partial charge in [-0.2, -0.15) is 0 Å². The largest absolute Gasteiger partial charge is 0.354 e. The maximum atomic E-state index is 11.9. The summed E-state index contributed by atoms with van der Waals surface area (Å²) in [5, 5.41) is 4.06. The van der Waals surface area contributed by atoms with E-state index in [2.05, 4.69) is 33.2 Å². The molecule has 6 nitrogen and oxygen atoms in total. The number of nitrogens with one attached hydrogen (secondary N) is 1. The van der Waals surface area contributed by atoms with E-state index in [0.29, 0.717) is 0 Å². The van der Waals surface area contributed by atoms with Gasteiger partial charge in [-0.1, -0.05) is 6.92 Å². The fraction of sp³-hybridized carbons (Fsp3) is 0.562. The second kappa shape index (κ2) is 5.96. The summed E-state index contributed by atoms with van der Waals surface area (Å²) >= 11 is 1.75. The standard InChI is InChI=1S/C16H21N5OS/c1-2-12-8-13-14(18-10-19-15(13)23-12)20-6-3-4-11(9-20)21-7-5-17-16(21)22/h8,10-11H,2-7,9H2,1H3,(H,17,22). The number of carbonyl (C=O) groups is 1.